The number of fused-ring (bicyclic) bond motifs is 1. The van der Waals surface area contributed by atoms with Crippen molar-refractivity contribution in [2.24, 2.45) is 5.92 Å². The number of alkyl halides is 3. The minimum Gasteiger partial charge on any atom is -0.481 e. The van der Waals surface area contributed by atoms with E-state index < -0.39 is 29.7 Å². The minimum absolute atomic E-state index is 0.138. The third-order valence-corrected chi connectivity index (χ3v) is 7.46. The third-order valence-electron chi connectivity index (χ3n) is 6.28. The maximum absolute atomic E-state index is 12.9. The lowest BCUT2D eigenvalue weighted by Crippen LogP contribution is -2.12. The number of aliphatic carboxylic acids is 1. The maximum Gasteiger partial charge on any atom is 0.416 e. The Bertz CT molecular complexity index is 1180. The SMILES string of the molecule is CC(C)c1nc(-c2ccc(C(F)(F)F)cc2)sc1CCC(O)c1ccc2c(c1)CC(C(=O)O)C2. The van der Waals surface area contributed by atoms with Crippen molar-refractivity contribution in [2.75, 3.05) is 0 Å². The average molecular weight is 490 g/mol. The van der Waals surface area contributed by atoms with Gasteiger partial charge in [-0.3, -0.25) is 4.79 Å². The summed E-state index contributed by atoms with van der Waals surface area (Å²) in [4.78, 5) is 17.0. The third kappa shape index (κ3) is 5.18. The topological polar surface area (TPSA) is 70.4 Å². The molecule has 8 heteroatoms. The molecule has 4 nitrogen and oxygen atoms in total. The van der Waals surface area contributed by atoms with Crippen LogP contribution in [0.2, 0.25) is 0 Å². The van der Waals surface area contributed by atoms with Crippen molar-refractivity contribution in [3.8, 4) is 10.6 Å². The summed E-state index contributed by atoms with van der Waals surface area (Å²) in [6, 6.07) is 10.7. The lowest BCUT2D eigenvalue weighted by atomic mass is 9.98. The summed E-state index contributed by atoms with van der Waals surface area (Å²) in [5, 5.41) is 20.7. The number of nitrogens with zero attached hydrogens (tertiary/aromatic N) is 1. The molecular weight excluding hydrogens is 463 g/mol. The van der Waals surface area contributed by atoms with Crippen molar-refractivity contribution < 1.29 is 28.2 Å². The van der Waals surface area contributed by atoms with Crippen LogP contribution in [0.3, 0.4) is 0 Å². The van der Waals surface area contributed by atoms with Crippen LogP contribution >= 0.6 is 11.3 Å². The number of carboxylic acids is 1. The van der Waals surface area contributed by atoms with Gasteiger partial charge in [-0.2, -0.15) is 13.2 Å². The van der Waals surface area contributed by atoms with Crippen LogP contribution in [0.4, 0.5) is 13.2 Å². The normalized spacial score (nSPS) is 16.6. The van der Waals surface area contributed by atoms with Crippen molar-refractivity contribution in [1.29, 1.82) is 0 Å². The Morgan fingerprint density at radius 2 is 1.79 bits per heavy atom. The molecule has 0 radical (unpaired) electrons. The Morgan fingerprint density at radius 3 is 2.41 bits per heavy atom. The zero-order valence-corrected chi connectivity index (χ0v) is 19.7. The molecule has 2 unspecified atom stereocenters. The van der Waals surface area contributed by atoms with E-state index in [2.05, 4.69) is 0 Å². The summed E-state index contributed by atoms with van der Waals surface area (Å²) in [5.41, 5.74) is 3.61. The number of aromatic nitrogens is 1. The quantitative estimate of drug-likeness (QED) is 0.402. The Kier molecular flexibility index (Phi) is 6.82. The van der Waals surface area contributed by atoms with Gasteiger partial charge in [0.25, 0.3) is 0 Å². The molecule has 2 N–H and O–H groups in total. The standard InChI is InChI=1S/C26H26F3NO3S/c1-14(2)23-22(34-24(30-23)15-5-7-20(8-6-15)26(27,28)29)10-9-21(31)17-4-3-16-11-19(25(32)33)13-18(16)12-17/h3-8,12,14,19,21,31H,9-11,13H2,1-2H3,(H,32,33). The van der Waals surface area contributed by atoms with Gasteiger partial charge in [-0.15, -0.1) is 11.3 Å². The van der Waals surface area contributed by atoms with E-state index in [1.54, 1.807) is 0 Å². The van der Waals surface area contributed by atoms with Crippen molar-refractivity contribution in [3.63, 3.8) is 0 Å². The average Bonchev–Trinajstić information content (AvgIpc) is 3.41. The smallest absolute Gasteiger partial charge is 0.416 e. The molecule has 1 aliphatic rings. The van der Waals surface area contributed by atoms with Gasteiger partial charge in [-0.25, -0.2) is 4.98 Å². The summed E-state index contributed by atoms with van der Waals surface area (Å²) >= 11 is 1.45. The Balaban J connectivity index is 1.48. The monoisotopic (exact) mass is 489 g/mol. The van der Waals surface area contributed by atoms with Gasteiger partial charge in [0.2, 0.25) is 0 Å². The molecule has 0 saturated heterocycles. The first-order valence-corrected chi connectivity index (χ1v) is 12.0. The van der Waals surface area contributed by atoms with Crippen LogP contribution in [0.25, 0.3) is 10.6 Å². The summed E-state index contributed by atoms with van der Waals surface area (Å²) in [6.07, 6.45) is -3.03. The van der Waals surface area contributed by atoms with Crippen LogP contribution in [0.1, 0.15) is 65.1 Å². The van der Waals surface area contributed by atoms with E-state index in [1.807, 2.05) is 32.0 Å². The second kappa shape index (κ2) is 9.50. The van der Waals surface area contributed by atoms with Gasteiger partial charge < -0.3 is 10.2 Å². The molecule has 0 aliphatic heterocycles. The van der Waals surface area contributed by atoms with Gasteiger partial charge in [-0.1, -0.05) is 44.2 Å². The highest BCUT2D eigenvalue weighted by molar-refractivity contribution is 7.15. The molecule has 3 aromatic rings. The zero-order chi connectivity index (χ0) is 24.6. The highest BCUT2D eigenvalue weighted by Crippen LogP contribution is 2.36. The molecule has 0 spiro atoms. The molecule has 1 heterocycles. The van der Waals surface area contributed by atoms with Crippen LogP contribution < -0.4 is 0 Å². The second-order valence-electron chi connectivity index (χ2n) is 9.08. The molecule has 2 atom stereocenters. The first-order valence-electron chi connectivity index (χ1n) is 11.2. The number of benzene rings is 2. The molecule has 1 aliphatic carbocycles. The summed E-state index contributed by atoms with van der Waals surface area (Å²) in [6.45, 7) is 4.04. The highest BCUT2D eigenvalue weighted by Gasteiger charge is 2.30. The van der Waals surface area contributed by atoms with E-state index in [0.29, 0.717) is 36.3 Å². The molecule has 0 fully saturated rings. The van der Waals surface area contributed by atoms with E-state index in [1.165, 1.54) is 23.5 Å². The predicted molar refractivity (Wildman–Crippen MR) is 125 cm³/mol. The number of halogens is 3. The predicted octanol–water partition coefficient (Wildman–Crippen LogP) is 6.42. The molecule has 0 bridgehead atoms. The van der Waals surface area contributed by atoms with Crippen molar-refractivity contribution in [3.05, 3.63) is 75.3 Å². The Labute approximate surface area is 200 Å². The fourth-order valence-corrected chi connectivity index (χ4v) is 5.61. The molecule has 1 aromatic heterocycles. The number of aliphatic hydroxyl groups excluding tert-OH is 1. The van der Waals surface area contributed by atoms with Gasteiger partial charge >= 0.3 is 12.1 Å². The lowest BCUT2D eigenvalue weighted by molar-refractivity contribution is -0.141. The van der Waals surface area contributed by atoms with E-state index in [4.69, 9.17) is 4.98 Å². The number of hydrogen-bond donors (Lipinski definition) is 2. The minimum atomic E-state index is -4.38. The van der Waals surface area contributed by atoms with Crippen LogP contribution in [-0.2, 0) is 30.2 Å². The number of carbonyl (C=O) groups is 1. The summed E-state index contributed by atoms with van der Waals surface area (Å²) < 4.78 is 38.6. The van der Waals surface area contributed by atoms with Gasteiger partial charge in [0.15, 0.2) is 0 Å². The van der Waals surface area contributed by atoms with Crippen LogP contribution in [-0.4, -0.2) is 21.2 Å². The number of hydrogen-bond acceptors (Lipinski definition) is 4. The Hall–Kier alpha value is -2.71. The maximum atomic E-state index is 12.9. The summed E-state index contributed by atoms with van der Waals surface area (Å²) in [7, 11) is 0. The highest BCUT2D eigenvalue weighted by atomic mass is 32.1. The van der Waals surface area contributed by atoms with Crippen LogP contribution in [0, 0.1) is 5.92 Å². The van der Waals surface area contributed by atoms with Crippen molar-refractivity contribution in [2.45, 2.75) is 57.7 Å². The second-order valence-corrected chi connectivity index (χ2v) is 10.2. The number of rotatable bonds is 7. The fraction of sp³-hybridized carbons (Fsp3) is 0.385. The number of carboxylic acid groups (broad SMARTS) is 1. The molecule has 4 rings (SSSR count). The molecule has 0 saturated carbocycles. The first kappa shape index (κ1) is 24.4. The summed E-state index contributed by atoms with van der Waals surface area (Å²) in [5.74, 6) is -1.06. The van der Waals surface area contributed by atoms with Gasteiger partial charge in [0, 0.05) is 10.4 Å². The van der Waals surface area contributed by atoms with Crippen molar-refractivity contribution >= 4 is 17.3 Å². The number of thiazole rings is 1. The Morgan fingerprint density at radius 1 is 1.12 bits per heavy atom. The van der Waals surface area contributed by atoms with E-state index in [0.717, 1.165) is 39.4 Å². The molecule has 180 valence electrons. The van der Waals surface area contributed by atoms with E-state index >= 15 is 0 Å². The first-order chi connectivity index (χ1) is 16.0. The number of aryl methyl sites for hydroxylation is 1. The van der Waals surface area contributed by atoms with E-state index in [-0.39, 0.29) is 5.92 Å². The van der Waals surface area contributed by atoms with Crippen LogP contribution in [0.5, 0.6) is 0 Å². The van der Waals surface area contributed by atoms with Crippen molar-refractivity contribution in [1.82, 2.24) is 4.98 Å². The molecule has 2 aromatic carbocycles. The number of aliphatic hydroxyl groups is 1. The fourth-order valence-electron chi connectivity index (χ4n) is 4.37. The molecular formula is C26H26F3NO3S. The zero-order valence-electron chi connectivity index (χ0n) is 18.9. The molecule has 0 amide bonds. The molecule has 34 heavy (non-hydrogen) atoms. The van der Waals surface area contributed by atoms with Crippen LogP contribution in [0.15, 0.2) is 42.5 Å². The lowest BCUT2D eigenvalue weighted by Gasteiger charge is -2.13. The van der Waals surface area contributed by atoms with Gasteiger partial charge in [0.05, 0.1) is 23.3 Å². The van der Waals surface area contributed by atoms with E-state index in [9.17, 15) is 28.2 Å². The van der Waals surface area contributed by atoms with Gasteiger partial charge in [0.1, 0.15) is 5.01 Å². The van der Waals surface area contributed by atoms with Gasteiger partial charge in [-0.05, 0) is 60.4 Å². The largest absolute Gasteiger partial charge is 0.481 e.